The third-order valence-corrected chi connectivity index (χ3v) is 3.16. The first-order valence-corrected chi connectivity index (χ1v) is 5.84. The normalized spacial score (nSPS) is 14.6. The number of nitrogens with zero attached hydrogens (tertiary/aromatic N) is 2. The third-order valence-electron chi connectivity index (χ3n) is 3.16. The molecule has 6 heteroatoms. The number of halogens is 1. The number of hydrogen-bond acceptors (Lipinski definition) is 4. The number of fused-ring (bicyclic) bond motifs is 1. The predicted octanol–water partition coefficient (Wildman–Crippen LogP) is 2.84. The molecule has 1 aromatic carbocycles. The molecular formula is C13H11FN2O3. The van der Waals surface area contributed by atoms with Gasteiger partial charge in [0.2, 0.25) is 0 Å². The van der Waals surface area contributed by atoms with Gasteiger partial charge in [-0.05, 0) is 29.3 Å². The maximum atomic E-state index is 13.1. The monoisotopic (exact) mass is 262 g/mol. The van der Waals surface area contributed by atoms with Gasteiger partial charge in [-0.15, -0.1) is 0 Å². The Hall–Kier alpha value is -2.21. The Morgan fingerprint density at radius 3 is 2.79 bits per heavy atom. The molecule has 0 amide bonds. The van der Waals surface area contributed by atoms with Crippen LogP contribution in [0.4, 0.5) is 10.3 Å². The lowest BCUT2D eigenvalue weighted by Crippen LogP contribution is -2.15. The van der Waals surface area contributed by atoms with E-state index >= 15 is 0 Å². The van der Waals surface area contributed by atoms with Crippen LogP contribution in [0.5, 0.6) is 0 Å². The van der Waals surface area contributed by atoms with E-state index in [9.17, 15) is 14.5 Å². The molecule has 0 saturated heterocycles. The quantitative estimate of drug-likeness (QED) is 0.630. The van der Waals surface area contributed by atoms with Crippen LogP contribution in [0.1, 0.15) is 16.9 Å². The van der Waals surface area contributed by atoms with E-state index in [1.807, 2.05) is 4.90 Å². The lowest BCUT2D eigenvalue weighted by Gasteiger charge is -2.11. The summed E-state index contributed by atoms with van der Waals surface area (Å²) < 4.78 is 18.2. The van der Waals surface area contributed by atoms with E-state index in [0.29, 0.717) is 25.4 Å². The second-order valence-electron chi connectivity index (χ2n) is 4.56. The van der Waals surface area contributed by atoms with Gasteiger partial charge in [-0.3, -0.25) is 15.0 Å². The Morgan fingerprint density at radius 1 is 1.26 bits per heavy atom. The molecule has 0 aliphatic carbocycles. The molecule has 1 aliphatic heterocycles. The minimum atomic E-state index is -0.558. The van der Waals surface area contributed by atoms with Crippen LogP contribution in [0.3, 0.4) is 0 Å². The highest BCUT2D eigenvalue weighted by molar-refractivity contribution is 5.31. The van der Waals surface area contributed by atoms with Crippen LogP contribution in [0, 0.1) is 15.9 Å². The van der Waals surface area contributed by atoms with Gasteiger partial charge < -0.3 is 4.42 Å². The average molecular weight is 262 g/mol. The molecule has 0 bridgehead atoms. The van der Waals surface area contributed by atoms with Crippen molar-refractivity contribution in [2.24, 2.45) is 0 Å². The topological polar surface area (TPSA) is 59.5 Å². The van der Waals surface area contributed by atoms with Crippen LogP contribution in [0.25, 0.3) is 0 Å². The van der Waals surface area contributed by atoms with Gasteiger partial charge in [-0.1, -0.05) is 6.07 Å². The van der Waals surface area contributed by atoms with E-state index in [2.05, 4.69) is 0 Å². The van der Waals surface area contributed by atoms with E-state index in [1.54, 1.807) is 12.1 Å². The molecule has 5 nitrogen and oxygen atoms in total. The molecule has 98 valence electrons. The van der Waals surface area contributed by atoms with Gasteiger partial charge in [0.05, 0.1) is 12.6 Å². The van der Waals surface area contributed by atoms with Crippen molar-refractivity contribution >= 4 is 5.88 Å². The zero-order valence-electron chi connectivity index (χ0n) is 10.0. The zero-order chi connectivity index (χ0) is 13.4. The first kappa shape index (κ1) is 11.9. The number of furan rings is 1. The highest BCUT2D eigenvalue weighted by atomic mass is 19.1. The zero-order valence-corrected chi connectivity index (χ0v) is 10.0. The summed E-state index contributed by atoms with van der Waals surface area (Å²) in [5.74, 6) is 0.0481. The van der Waals surface area contributed by atoms with Crippen LogP contribution in [0.2, 0.25) is 0 Å². The Labute approximate surface area is 108 Å². The van der Waals surface area contributed by atoms with Crippen molar-refractivity contribution in [3.8, 4) is 0 Å². The summed E-state index contributed by atoms with van der Waals surface area (Å²) in [7, 11) is 0. The molecule has 0 spiro atoms. The molecular weight excluding hydrogens is 251 g/mol. The highest BCUT2D eigenvalue weighted by Gasteiger charge is 2.21. The minimum Gasteiger partial charge on any atom is -0.404 e. The van der Waals surface area contributed by atoms with Crippen LogP contribution in [0.15, 0.2) is 34.7 Å². The van der Waals surface area contributed by atoms with Gasteiger partial charge in [0, 0.05) is 13.1 Å². The first-order valence-electron chi connectivity index (χ1n) is 5.84. The Balaban J connectivity index is 1.71. The molecule has 3 rings (SSSR count). The largest absolute Gasteiger partial charge is 0.433 e. The number of rotatable bonds is 3. The van der Waals surface area contributed by atoms with Gasteiger partial charge in [-0.2, -0.15) is 0 Å². The Kier molecular flexibility index (Phi) is 2.79. The Bertz CT molecular complexity index is 639. The second kappa shape index (κ2) is 4.47. The van der Waals surface area contributed by atoms with Crippen LogP contribution >= 0.6 is 0 Å². The van der Waals surface area contributed by atoms with Crippen molar-refractivity contribution in [1.29, 1.82) is 0 Å². The molecule has 0 N–H and O–H groups in total. The fourth-order valence-corrected chi connectivity index (χ4v) is 2.32. The van der Waals surface area contributed by atoms with Gasteiger partial charge in [0.1, 0.15) is 16.5 Å². The van der Waals surface area contributed by atoms with E-state index in [1.165, 1.54) is 18.2 Å². The molecule has 0 radical (unpaired) electrons. The van der Waals surface area contributed by atoms with Crippen molar-refractivity contribution in [2.45, 2.75) is 19.6 Å². The van der Waals surface area contributed by atoms with Gasteiger partial charge in [-0.25, -0.2) is 4.39 Å². The summed E-state index contributed by atoms with van der Waals surface area (Å²) in [4.78, 5) is 12.0. The van der Waals surface area contributed by atoms with Crippen molar-refractivity contribution in [3.63, 3.8) is 0 Å². The van der Waals surface area contributed by atoms with E-state index in [4.69, 9.17) is 4.42 Å². The summed E-state index contributed by atoms with van der Waals surface area (Å²) in [5.41, 5.74) is 2.04. The Morgan fingerprint density at radius 2 is 2.05 bits per heavy atom. The van der Waals surface area contributed by atoms with E-state index < -0.39 is 4.92 Å². The predicted molar refractivity (Wildman–Crippen MR) is 64.7 cm³/mol. The summed E-state index contributed by atoms with van der Waals surface area (Å²) in [5, 5.41) is 10.5. The van der Waals surface area contributed by atoms with Crippen LogP contribution in [-0.2, 0) is 19.6 Å². The molecule has 19 heavy (non-hydrogen) atoms. The van der Waals surface area contributed by atoms with Crippen LogP contribution < -0.4 is 0 Å². The maximum absolute atomic E-state index is 13.1. The fourth-order valence-electron chi connectivity index (χ4n) is 2.32. The number of hydrogen-bond donors (Lipinski definition) is 0. The summed E-state index contributed by atoms with van der Waals surface area (Å²) in [6, 6.07) is 7.69. The summed E-state index contributed by atoms with van der Waals surface area (Å²) >= 11 is 0. The summed E-state index contributed by atoms with van der Waals surface area (Å²) in [6.07, 6.45) is 0. The van der Waals surface area contributed by atoms with Crippen molar-refractivity contribution in [3.05, 3.63) is 63.2 Å². The average Bonchev–Trinajstić information content (AvgIpc) is 2.95. The molecule has 2 heterocycles. The van der Waals surface area contributed by atoms with Gasteiger partial charge in [0.15, 0.2) is 0 Å². The second-order valence-corrected chi connectivity index (χ2v) is 4.56. The summed E-state index contributed by atoms with van der Waals surface area (Å²) in [6.45, 7) is 1.80. The lowest BCUT2D eigenvalue weighted by atomic mass is 10.1. The van der Waals surface area contributed by atoms with Crippen molar-refractivity contribution in [1.82, 2.24) is 4.90 Å². The molecule has 0 fully saturated rings. The molecule has 0 unspecified atom stereocenters. The molecule has 0 saturated carbocycles. The van der Waals surface area contributed by atoms with Crippen LogP contribution in [-0.4, -0.2) is 9.82 Å². The minimum absolute atomic E-state index is 0.241. The van der Waals surface area contributed by atoms with E-state index in [-0.39, 0.29) is 11.7 Å². The van der Waals surface area contributed by atoms with Gasteiger partial charge in [0.25, 0.3) is 0 Å². The standard InChI is InChI=1S/C13H11FN2O3/c14-11-2-1-9-6-15(7-10(9)5-11)8-12-3-4-13(19-12)16(17)18/h1-5H,6-8H2. The lowest BCUT2D eigenvalue weighted by molar-refractivity contribution is -0.402. The number of benzene rings is 1. The maximum Gasteiger partial charge on any atom is 0.433 e. The van der Waals surface area contributed by atoms with Crippen molar-refractivity contribution < 1.29 is 13.7 Å². The molecule has 1 aliphatic rings. The molecule has 0 atom stereocenters. The molecule has 2 aromatic rings. The number of nitro groups is 1. The fraction of sp³-hybridized carbons (Fsp3) is 0.231. The van der Waals surface area contributed by atoms with Crippen molar-refractivity contribution in [2.75, 3.05) is 0 Å². The van der Waals surface area contributed by atoms with Gasteiger partial charge >= 0.3 is 5.88 Å². The first-order chi connectivity index (χ1) is 9.11. The SMILES string of the molecule is O=[N+]([O-])c1ccc(CN2Cc3ccc(F)cc3C2)o1. The smallest absolute Gasteiger partial charge is 0.404 e. The molecule has 1 aromatic heterocycles. The van der Waals surface area contributed by atoms with E-state index in [0.717, 1.165) is 11.1 Å². The highest BCUT2D eigenvalue weighted by Crippen LogP contribution is 2.26. The third kappa shape index (κ3) is 2.34.